The highest BCUT2D eigenvalue weighted by atomic mass is 19.4. The number of quaternary nitrogens is 2. The molecule has 0 radical (unpaired) electrons. The molecule has 23 heavy (non-hydrogen) atoms. The lowest BCUT2D eigenvalue weighted by Gasteiger charge is -2.28. The molecule has 1 aromatic carbocycles. The third-order valence-electron chi connectivity index (χ3n) is 3.95. The van der Waals surface area contributed by atoms with Crippen molar-refractivity contribution < 1.29 is 32.5 Å². The number of amides is 1. The molecule has 1 aromatic rings. The third-order valence-corrected chi connectivity index (χ3v) is 3.95. The van der Waals surface area contributed by atoms with E-state index in [1.807, 2.05) is 0 Å². The van der Waals surface area contributed by atoms with Gasteiger partial charge in [0.15, 0.2) is 6.54 Å². The van der Waals surface area contributed by atoms with Crippen LogP contribution in [-0.2, 0) is 4.79 Å². The largest absolute Gasteiger partial charge is 0.573 e. The zero-order valence-electron chi connectivity index (χ0n) is 13.0. The van der Waals surface area contributed by atoms with Crippen LogP contribution in [0.15, 0.2) is 24.3 Å². The predicted molar refractivity (Wildman–Crippen MR) is 78.6 cm³/mol. The topological polar surface area (TPSA) is 47.2 Å². The minimum absolute atomic E-state index is 0.135. The molecule has 1 aliphatic heterocycles. The maximum atomic E-state index is 12.1. The van der Waals surface area contributed by atoms with Crippen molar-refractivity contribution in [1.82, 2.24) is 0 Å². The van der Waals surface area contributed by atoms with Crippen molar-refractivity contribution in [2.75, 3.05) is 44.6 Å². The van der Waals surface area contributed by atoms with Crippen LogP contribution in [0.4, 0.5) is 18.9 Å². The molecule has 2 rings (SSSR count). The molecule has 0 bridgehead atoms. The molecule has 0 unspecified atom stereocenters. The first kappa shape index (κ1) is 17.6. The van der Waals surface area contributed by atoms with Crippen molar-refractivity contribution in [3.63, 3.8) is 0 Å². The third kappa shape index (κ3) is 6.07. The Bertz CT molecular complexity index is 512. The van der Waals surface area contributed by atoms with Gasteiger partial charge in [-0.1, -0.05) is 0 Å². The van der Waals surface area contributed by atoms with Crippen LogP contribution in [0.25, 0.3) is 0 Å². The van der Waals surface area contributed by atoms with Gasteiger partial charge in [-0.3, -0.25) is 4.79 Å². The van der Waals surface area contributed by atoms with Gasteiger partial charge < -0.3 is 19.9 Å². The van der Waals surface area contributed by atoms with E-state index in [-0.39, 0.29) is 11.7 Å². The average molecular weight is 333 g/mol. The van der Waals surface area contributed by atoms with Crippen LogP contribution in [0.2, 0.25) is 0 Å². The van der Waals surface area contributed by atoms with E-state index < -0.39 is 6.36 Å². The van der Waals surface area contributed by atoms with E-state index in [2.05, 4.69) is 17.0 Å². The first-order valence-corrected chi connectivity index (χ1v) is 7.68. The van der Waals surface area contributed by atoms with E-state index in [1.54, 1.807) is 4.90 Å². The van der Waals surface area contributed by atoms with E-state index in [1.165, 1.54) is 29.2 Å². The highest BCUT2D eigenvalue weighted by Gasteiger charge is 2.31. The maximum absolute atomic E-state index is 12.1. The number of carbonyl (C=O) groups is 1. The van der Waals surface area contributed by atoms with Crippen molar-refractivity contribution >= 4 is 11.6 Å². The lowest BCUT2D eigenvalue weighted by molar-refractivity contribution is -1.01. The molecular weight excluding hydrogens is 311 g/mol. The monoisotopic (exact) mass is 333 g/mol. The van der Waals surface area contributed by atoms with Gasteiger partial charge in [0.2, 0.25) is 0 Å². The van der Waals surface area contributed by atoms with E-state index in [0.29, 0.717) is 12.2 Å². The summed E-state index contributed by atoms with van der Waals surface area (Å²) in [5.74, 6) is -0.441. The number of ether oxygens (including phenoxy) is 1. The summed E-state index contributed by atoms with van der Waals surface area (Å²) < 4.78 is 40.0. The number of halogens is 3. The number of likely N-dealkylation sites (N-methyl/N-ethyl adjacent to an activating group) is 1. The number of benzene rings is 1. The van der Waals surface area contributed by atoms with E-state index in [4.69, 9.17) is 0 Å². The van der Waals surface area contributed by atoms with Gasteiger partial charge in [0, 0.05) is 5.69 Å². The summed E-state index contributed by atoms with van der Waals surface area (Å²) in [6.07, 6.45) is -4.71. The van der Waals surface area contributed by atoms with Gasteiger partial charge in [0.05, 0.1) is 6.54 Å². The number of hydrogen-bond donors (Lipinski definition) is 3. The van der Waals surface area contributed by atoms with Gasteiger partial charge in [0.25, 0.3) is 5.91 Å². The Morgan fingerprint density at radius 1 is 1.13 bits per heavy atom. The number of rotatable bonds is 5. The molecule has 0 atom stereocenters. The van der Waals surface area contributed by atoms with Crippen LogP contribution in [-0.4, -0.2) is 51.5 Å². The minimum atomic E-state index is -4.71. The molecule has 128 valence electrons. The minimum Gasteiger partial charge on any atom is -0.406 e. The summed E-state index contributed by atoms with van der Waals surface area (Å²) in [6, 6.07) is 5.15. The normalized spacial score (nSPS) is 21.7. The van der Waals surface area contributed by atoms with Crippen molar-refractivity contribution in [3.8, 4) is 5.75 Å². The number of anilines is 1. The fraction of sp³-hybridized carbons (Fsp3) is 0.533. The van der Waals surface area contributed by atoms with Gasteiger partial charge in [-0.05, 0) is 31.2 Å². The molecule has 8 heteroatoms. The molecule has 1 aliphatic rings. The van der Waals surface area contributed by atoms with Crippen LogP contribution in [0.1, 0.15) is 6.92 Å². The van der Waals surface area contributed by atoms with Crippen LogP contribution < -0.4 is 19.9 Å². The van der Waals surface area contributed by atoms with Gasteiger partial charge in [-0.2, -0.15) is 0 Å². The molecule has 1 fully saturated rings. The second kappa shape index (κ2) is 7.65. The smallest absolute Gasteiger partial charge is 0.406 e. The van der Waals surface area contributed by atoms with Crippen LogP contribution in [0.3, 0.4) is 0 Å². The van der Waals surface area contributed by atoms with Crippen LogP contribution in [0, 0.1) is 0 Å². The van der Waals surface area contributed by atoms with E-state index in [0.717, 1.165) is 32.7 Å². The van der Waals surface area contributed by atoms with Crippen molar-refractivity contribution in [2.24, 2.45) is 0 Å². The first-order valence-electron chi connectivity index (χ1n) is 7.68. The summed E-state index contributed by atoms with van der Waals surface area (Å²) in [4.78, 5) is 14.8. The fourth-order valence-corrected chi connectivity index (χ4v) is 2.66. The van der Waals surface area contributed by atoms with Crippen molar-refractivity contribution in [3.05, 3.63) is 24.3 Å². The number of nitrogens with one attached hydrogen (secondary N) is 3. The molecule has 3 N–H and O–H groups in total. The second-order valence-electron chi connectivity index (χ2n) is 5.65. The zero-order chi connectivity index (χ0) is 16.9. The highest BCUT2D eigenvalue weighted by Crippen LogP contribution is 2.23. The number of hydrogen-bond acceptors (Lipinski definition) is 2. The lowest BCUT2D eigenvalue weighted by Crippen LogP contribution is -3.28. The van der Waals surface area contributed by atoms with E-state index in [9.17, 15) is 18.0 Å². The van der Waals surface area contributed by atoms with E-state index >= 15 is 0 Å². The molecule has 5 nitrogen and oxygen atoms in total. The fourth-order valence-electron chi connectivity index (χ4n) is 2.66. The summed E-state index contributed by atoms with van der Waals surface area (Å²) in [5, 5.41) is 2.70. The van der Waals surface area contributed by atoms with Crippen LogP contribution >= 0.6 is 0 Å². The number of piperazine rings is 1. The van der Waals surface area contributed by atoms with Crippen LogP contribution in [0.5, 0.6) is 5.75 Å². The Balaban J connectivity index is 1.79. The quantitative estimate of drug-likeness (QED) is 0.669. The van der Waals surface area contributed by atoms with Gasteiger partial charge >= 0.3 is 6.36 Å². The summed E-state index contributed by atoms with van der Waals surface area (Å²) >= 11 is 0. The average Bonchev–Trinajstić information content (AvgIpc) is 2.48. The van der Waals surface area contributed by atoms with Crippen molar-refractivity contribution in [1.29, 1.82) is 0 Å². The van der Waals surface area contributed by atoms with Gasteiger partial charge in [0.1, 0.15) is 31.9 Å². The highest BCUT2D eigenvalue weighted by molar-refractivity contribution is 5.91. The van der Waals surface area contributed by atoms with Crippen molar-refractivity contribution in [2.45, 2.75) is 13.3 Å². The summed E-state index contributed by atoms with van der Waals surface area (Å²) in [6.45, 7) is 7.65. The number of carbonyl (C=O) groups excluding carboxylic acids is 1. The second-order valence-corrected chi connectivity index (χ2v) is 5.65. The Labute approximate surface area is 133 Å². The molecule has 0 saturated carbocycles. The molecule has 0 aliphatic carbocycles. The Morgan fingerprint density at radius 3 is 2.22 bits per heavy atom. The molecule has 0 spiro atoms. The Kier molecular flexibility index (Phi) is 5.84. The maximum Gasteiger partial charge on any atom is 0.573 e. The van der Waals surface area contributed by atoms with Gasteiger partial charge in [-0.15, -0.1) is 13.2 Å². The number of alkyl halides is 3. The molecule has 1 saturated heterocycles. The molecule has 1 amide bonds. The summed E-state index contributed by atoms with van der Waals surface area (Å²) in [5.41, 5.74) is 0.460. The zero-order valence-corrected chi connectivity index (χ0v) is 13.0. The lowest BCUT2D eigenvalue weighted by atomic mass is 10.3. The molecule has 0 aromatic heterocycles. The standard InChI is InChI=1S/C15H20F3N3O2/c1-2-20-7-9-21(10-8-20)11-14(22)19-12-3-5-13(6-4-12)23-15(16,17)18/h3-6H,2,7-11H2,1H3,(H,19,22)/p+2. The Morgan fingerprint density at radius 2 is 1.70 bits per heavy atom. The Hall–Kier alpha value is -1.80. The first-order chi connectivity index (χ1) is 10.9. The molecule has 1 heterocycles. The predicted octanol–water partition coefficient (Wildman–Crippen LogP) is -0.673. The van der Waals surface area contributed by atoms with Gasteiger partial charge in [-0.25, -0.2) is 0 Å². The molecular formula is C15H22F3N3O2+2. The SMILES string of the molecule is CC[NH+]1CC[NH+](CC(=O)Nc2ccc(OC(F)(F)F)cc2)CC1. The summed E-state index contributed by atoms with van der Waals surface area (Å²) in [7, 11) is 0.